The van der Waals surface area contributed by atoms with Crippen molar-refractivity contribution < 1.29 is 31.1 Å². The summed E-state index contributed by atoms with van der Waals surface area (Å²) in [4.78, 5) is 11.0. The highest BCUT2D eigenvalue weighted by molar-refractivity contribution is 7.90. The predicted molar refractivity (Wildman–Crippen MR) is 88.5 cm³/mol. The van der Waals surface area contributed by atoms with Gasteiger partial charge in [-0.3, -0.25) is 0 Å². The molecule has 6 nitrogen and oxygen atoms in total. The molecule has 0 spiro atoms. The highest BCUT2D eigenvalue weighted by Gasteiger charge is 2.38. The number of amidine groups is 1. The molecule has 0 atom stereocenters. The van der Waals surface area contributed by atoms with Gasteiger partial charge in [0.1, 0.15) is 0 Å². The summed E-state index contributed by atoms with van der Waals surface area (Å²) in [5, 5.41) is 1.92. The third-order valence-electron chi connectivity index (χ3n) is 3.09. The lowest BCUT2D eigenvalue weighted by atomic mass is 10.2. The number of carbonyl (C=O) groups is 1. The summed E-state index contributed by atoms with van der Waals surface area (Å²) in [6, 6.07) is 11.3. The molecule has 2 aromatic rings. The predicted octanol–water partition coefficient (Wildman–Crippen LogP) is 3.23. The van der Waals surface area contributed by atoms with E-state index >= 15 is 0 Å². The van der Waals surface area contributed by atoms with Crippen molar-refractivity contribution in [2.75, 3.05) is 12.4 Å². The van der Waals surface area contributed by atoms with Gasteiger partial charge in [0.15, 0.2) is 0 Å². The number of esters is 1. The molecule has 2 aromatic carbocycles. The van der Waals surface area contributed by atoms with Crippen LogP contribution in [0.3, 0.4) is 0 Å². The van der Waals surface area contributed by atoms with Crippen LogP contribution in [0.4, 0.5) is 18.9 Å². The summed E-state index contributed by atoms with van der Waals surface area (Å²) < 4.78 is 71.1. The molecule has 1 N–H and O–H groups in total. The molecule has 0 radical (unpaired) electrons. The smallest absolute Gasteiger partial charge is 0.450 e. The van der Waals surface area contributed by atoms with E-state index in [9.17, 15) is 26.4 Å². The van der Waals surface area contributed by atoms with Crippen LogP contribution < -0.4 is 5.32 Å². The topological polar surface area (TPSA) is 84.8 Å². The molecule has 0 unspecified atom stereocenters. The summed E-state index contributed by atoms with van der Waals surface area (Å²) >= 11 is 0. The number of benzene rings is 2. The molecule has 0 aliphatic heterocycles. The number of hydrogen-bond donors (Lipinski definition) is 1. The standard InChI is InChI=1S/C16H13F3N2O4S/c1-25-14(22)11-7-9-12(10-8-11)20-15(16(17,18)19)21-26(23,24)13-5-3-2-4-6-13/h2-10H,1H3,(H,20,21). The van der Waals surface area contributed by atoms with Crippen molar-refractivity contribution in [3.63, 3.8) is 0 Å². The van der Waals surface area contributed by atoms with Crippen LogP contribution >= 0.6 is 0 Å². The molecule has 10 heteroatoms. The summed E-state index contributed by atoms with van der Waals surface area (Å²) in [5.74, 6) is -2.36. The Labute approximate surface area is 147 Å². The van der Waals surface area contributed by atoms with E-state index in [4.69, 9.17) is 0 Å². The van der Waals surface area contributed by atoms with Crippen LogP contribution in [0.15, 0.2) is 63.9 Å². The molecular formula is C16H13F3N2O4S. The van der Waals surface area contributed by atoms with E-state index in [-0.39, 0.29) is 16.1 Å². The van der Waals surface area contributed by atoms with Crippen LogP contribution in [0.2, 0.25) is 0 Å². The maximum atomic E-state index is 13.2. The van der Waals surface area contributed by atoms with Gasteiger partial charge in [-0.25, -0.2) is 4.79 Å². The molecule has 0 aromatic heterocycles. The molecule has 0 aliphatic rings. The number of hydrogen-bond acceptors (Lipinski definition) is 4. The SMILES string of the molecule is COC(=O)c1ccc(NC(=NS(=O)(=O)c2ccccc2)C(F)(F)F)cc1. The van der Waals surface area contributed by atoms with Crippen LogP contribution in [0.1, 0.15) is 10.4 Å². The Morgan fingerprint density at radius 2 is 1.62 bits per heavy atom. The number of nitrogens with one attached hydrogen (secondary N) is 1. The second kappa shape index (κ2) is 7.56. The van der Waals surface area contributed by atoms with Crippen LogP contribution in [0.25, 0.3) is 0 Å². The highest BCUT2D eigenvalue weighted by atomic mass is 32.2. The number of alkyl halides is 3. The molecule has 0 saturated carbocycles. The minimum absolute atomic E-state index is 0.100. The van der Waals surface area contributed by atoms with Crippen molar-refractivity contribution >= 4 is 27.5 Å². The Balaban J connectivity index is 2.36. The van der Waals surface area contributed by atoms with Gasteiger partial charge >= 0.3 is 12.1 Å². The normalized spacial score (nSPS) is 12.5. The van der Waals surface area contributed by atoms with E-state index in [0.717, 1.165) is 19.2 Å². The van der Waals surface area contributed by atoms with Crippen molar-refractivity contribution in [3.05, 3.63) is 60.2 Å². The van der Waals surface area contributed by atoms with Gasteiger partial charge < -0.3 is 10.1 Å². The lowest BCUT2D eigenvalue weighted by Crippen LogP contribution is -2.31. The quantitative estimate of drug-likeness (QED) is 0.495. The van der Waals surface area contributed by atoms with Crippen LogP contribution in [0.5, 0.6) is 0 Å². The van der Waals surface area contributed by atoms with Gasteiger partial charge in [-0.1, -0.05) is 18.2 Å². The molecular weight excluding hydrogens is 373 g/mol. The van der Waals surface area contributed by atoms with E-state index in [1.54, 1.807) is 0 Å². The summed E-state index contributed by atoms with van der Waals surface area (Å²) in [6.45, 7) is 0. The van der Waals surface area contributed by atoms with Gasteiger partial charge in [0.25, 0.3) is 10.0 Å². The first-order chi connectivity index (χ1) is 12.1. The fourth-order valence-corrected chi connectivity index (χ4v) is 2.85. The van der Waals surface area contributed by atoms with Crippen molar-refractivity contribution in [2.24, 2.45) is 4.40 Å². The third-order valence-corrected chi connectivity index (χ3v) is 4.38. The lowest BCUT2D eigenvalue weighted by molar-refractivity contribution is -0.0585. The first kappa shape index (κ1) is 19.4. The monoisotopic (exact) mass is 386 g/mol. The fourth-order valence-electron chi connectivity index (χ4n) is 1.86. The van der Waals surface area contributed by atoms with Gasteiger partial charge in [0.2, 0.25) is 5.84 Å². The molecule has 0 bridgehead atoms. The lowest BCUT2D eigenvalue weighted by Gasteiger charge is -2.13. The molecule has 0 fully saturated rings. The number of carbonyl (C=O) groups excluding carboxylic acids is 1. The minimum atomic E-state index is -5.04. The summed E-state index contributed by atoms with van der Waals surface area (Å²) in [7, 11) is -3.39. The Morgan fingerprint density at radius 1 is 1.04 bits per heavy atom. The highest BCUT2D eigenvalue weighted by Crippen LogP contribution is 2.23. The zero-order chi connectivity index (χ0) is 19.4. The average molecular weight is 386 g/mol. The van der Waals surface area contributed by atoms with Crippen molar-refractivity contribution in [1.82, 2.24) is 0 Å². The Bertz CT molecular complexity index is 909. The van der Waals surface area contributed by atoms with E-state index in [1.807, 2.05) is 5.32 Å². The maximum Gasteiger partial charge on any atom is 0.450 e. The van der Waals surface area contributed by atoms with Gasteiger partial charge in [0, 0.05) is 5.69 Å². The number of methoxy groups -OCH3 is 1. The maximum absolute atomic E-state index is 13.2. The Hall–Kier alpha value is -2.88. The number of anilines is 1. The van der Waals surface area contributed by atoms with Gasteiger partial charge in [-0.15, -0.1) is 4.40 Å². The number of nitrogens with zero attached hydrogens (tertiary/aromatic N) is 1. The van der Waals surface area contributed by atoms with Crippen molar-refractivity contribution in [1.29, 1.82) is 0 Å². The Kier molecular flexibility index (Phi) is 5.66. The van der Waals surface area contributed by atoms with Crippen LogP contribution in [-0.4, -0.2) is 33.5 Å². The van der Waals surface area contributed by atoms with Crippen molar-refractivity contribution in [2.45, 2.75) is 11.1 Å². The molecule has 2 rings (SSSR count). The first-order valence-corrected chi connectivity index (χ1v) is 8.50. The van der Waals surface area contributed by atoms with E-state index in [2.05, 4.69) is 9.13 Å². The van der Waals surface area contributed by atoms with Crippen molar-refractivity contribution in [3.8, 4) is 0 Å². The molecule has 0 amide bonds. The summed E-state index contributed by atoms with van der Waals surface area (Å²) in [6.07, 6.45) is -5.04. The molecule has 26 heavy (non-hydrogen) atoms. The van der Waals surface area contributed by atoms with Crippen LogP contribution in [-0.2, 0) is 14.8 Å². The number of rotatable bonds is 4. The average Bonchev–Trinajstić information content (AvgIpc) is 2.61. The first-order valence-electron chi connectivity index (χ1n) is 7.06. The number of sulfonamides is 1. The Morgan fingerprint density at radius 3 is 2.12 bits per heavy atom. The largest absolute Gasteiger partial charge is 0.465 e. The molecule has 0 aliphatic carbocycles. The molecule has 138 valence electrons. The fraction of sp³-hybridized carbons (Fsp3) is 0.125. The third kappa shape index (κ3) is 4.82. The minimum Gasteiger partial charge on any atom is -0.465 e. The molecule has 0 heterocycles. The second-order valence-electron chi connectivity index (χ2n) is 4.92. The van der Waals surface area contributed by atoms with Gasteiger partial charge in [0.05, 0.1) is 17.6 Å². The van der Waals surface area contributed by atoms with E-state index < -0.39 is 28.0 Å². The molecule has 0 saturated heterocycles. The van der Waals surface area contributed by atoms with Gasteiger partial charge in [-0.2, -0.15) is 21.6 Å². The van der Waals surface area contributed by atoms with Gasteiger partial charge in [-0.05, 0) is 36.4 Å². The summed E-state index contributed by atoms with van der Waals surface area (Å²) in [5.41, 5.74) is 0.0254. The number of halogens is 3. The second-order valence-corrected chi connectivity index (χ2v) is 6.52. The van der Waals surface area contributed by atoms with Crippen LogP contribution in [0, 0.1) is 0 Å². The zero-order valence-corrected chi connectivity index (χ0v) is 14.1. The number of ether oxygens (including phenoxy) is 1. The zero-order valence-electron chi connectivity index (χ0n) is 13.3. The van der Waals surface area contributed by atoms with E-state index in [1.165, 1.54) is 42.5 Å². The van der Waals surface area contributed by atoms with E-state index in [0.29, 0.717) is 0 Å².